The second kappa shape index (κ2) is 6.82. The first kappa shape index (κ1) is 14.2. The Kier molecular flexibility index (Phi) is 5.10. The number of rotatable bonds is 5. The van der Waals surface area contributed by atoms with Gasteiger partial charge in [-0.1, -0.05) is 24.4 Å². The van der Waals surface area contributed by atoms with E-state index in [2.05, 4.69) is 10.3 Å². The zero-order chi connectivity index (χ0) is 13.7. The van der Waals surface area contributed by atoms with Crippen LogP contribution in [0.1, 0.15) is 36.0 Å². The van der Waals surface area contributed by atoms with Crippen molar-refractivity contribution in [3.63, 3.8) is 0 Å². The lowest BCUT2D eigenvalue weighted by molar-refractivity contribution is 0.0581. The van der Waals surface area contributed by atoms with E-state index in [1.165, 1.54) is 12.8 Å². The number of hydrogen-bond donors (Lipinski definition) is 1. The Bertz CT molecular complexity index is 450. The second-order valence-corrected chi connectivity index (χ2v) is 4.88. The molecule has 1 amide bonds. The smallest absolute Gasteiger partial charge is 0.254 e. The molecule has 4 nitrogen and oxygen atoms in total. The number of ether oxygens (including phenoxy) is 1. The summed E-state index contributed by atoms with van der Waals surface area (Å²) in [7, 11) is 0. The Hall–Kier alpha value is -1.20. The molecule has 6 heteroatoms. The number of aromatic nitrogens is 1. The molecule has 0 radical (unpaired) electrons. The minimum absolute atomic E-state index is 0.00406. The zero-order valence-corrected chi connectivity index (χ0v) is 11.3. The first-order chi connectivity index (χ1) is 9.16. The number of carbonyl (C=O) groups excluding carboxylic acids is 1. The molecular weight excluding hydrogens is 271 g/mol. The Labute approximate surface area is 116 Å². The summed E-state index contributed by atoms with van der Waals surface area (Å²) in [6.45, 7) is 0.832. The summed E-state index contributed by atoms with van der Waals surface area (Å²) in [4.78, 5) is 15.3. The number of amides is 1. The molecule has 0 atom stereocenters. The van der Waals surface area contributed by atoms with Crippen molar-refractivity contribution in [1.29, 1.82) is 0 Å². The van der Waals surface area contributed by atoms with Gasteiger partial charge in [0.2, 0.25) is 0 Å². The maximum Gasteiger partial charge on any atom is 0.254 e. The molecule has 19 heavy (non-hydrogen) atoms. The van der Waals surface area contributed by atoms with Crippen LogP contribution in [0.15, 0.2) is 12.3 Å². The van der Waals surface area contributed by atoms with Gasteiger partial charge in [0, 0.05) is 6.54 Å². The van der Waals surface area contributed by atoms with Crippen molar-refractivity contribution >= 4 is 17.5 Å². The van der Waals surface area contributed by atoms with Gasteiger partial charge in [-0.3, -0.25) is 4.79 Å². The van der Waals surface area contributed by atoms with Crippen LogP contribution in [0.25, 0.3) is 0 Å². The molecule has 1 N–H and O–H groups in total. The fourth-order valence-electron chi connectivity index (χ4n) is 2.12. The molecule has 0 saturated heterocycles. The van der Waals surface area contributed by atoms with Crippen LogP contribution in [0.3, 0.4) is 0 Å². The van der Waals surface area contributed by atoms with Crippen molar-refractivity contribution in [2.45, 2.75) is 31.8 Å². The number of pyridine rings is 1. The van der Waals surface area contributed by atoms with Gasteiger partial charge in [-0.25, -0.2) is 9.37 Å². The molecule has 0 aliphatic heterocycles. The Balaban J connectivity index is 1.75. The number of nitrogens with zero attached hydrogens (tertiary/aromatic N) is 1. The summed E-state index contributed by atoms with van der Waals surface area (Å²) in [5.74, 6) is -1.02. The standard InChI is InChI=1S/C13H16ClFN2O2/c14-12-11(7-9(15)8-17-12)13(18)16-5-6-19-10-3-1-2-4-10/h7-8,10H,1-6H2,(H,16,18). The Morgan fingerprint density at radius 3 is 3.00 bits per heavy atom. The monoisotopic (exact) mass is 286 g/mol. The number of nitrogens with one attached hydrogen (secondary N) is 1. The van der Waals surface area contributed by atoms with E-state index in [1.807, 2.05) is 0 Å². The highest BCUT2D eigenvalue weighted by Gasteiger charge is 2.15. The van der Waals surface area contributed by atoms with Crippen LogP contribution in [0.2, 0.25) is 5.15 Å². The van der Waals surface area contributed by atoms with E-state index in [0.717, 1.165) is 25.1 Å². The van der Waals surface area contributed by atoms with Gasteiger partial charge >= 0.3 is 0 Å². The summed E-state index contributed by atoms with van der Waals surface area (Å²) in [5.41, 5.74) is 0.0440. The van der Waals surface area contributed by atoms with Crippen molar-refractivity contribution in [2.24, 2.45) is 0 Å². The van der Waals surface area contributed by atoms with Crippen molar-refractivity contribution < 1.29 is 13.9 Å². The summed E-state index contributed by atoms with van der Waals surface area (Å²) >= 11 is 5.74. The van der Waals surface area contributed by atoms with Crippen molar-refractivity contribution in [2.75, 3.05) is 13.2 Å². The fourth-order valence-corrected chi connectivity index (χ4v) is 2.31. The number of hydrogen-bond acceptors (Lipinski definition) is 3. The first-order valence-corrected chi connectivity index (χ1v) is 6.75. The first-order valence-electron chi connectivity index (χ1n) is 6.37. The van der Waals surface area contributed by atoms with Gasteiger partial charge in [0.25, 0.3) is 5.91 Å². The van der Waals surface area contributed by atoms with Crippen LogP contribution in [-0.4, -0.2) is 30.1 Å². The average Bonchev–Trinajstić information content (AvgIpc) is 2.90. The molecule has 0 aromatic carbocycles. The van der Waals surface area contributed by atoms with E-state index in [9.17, 15) is 9.18 Å². The molecule has 1 saturated carbocycles. The third kappa shape index (κ3) is 4.14. The van der Waals surface area contributed by atoms with E-state index in [1.54, 1.807) is 0 Å². The lowest BCUT2D eigenvalue weighted by Crippen LogP contribution is -2.28. The highest BCUT2D eigenvalue weighted by molar-refractivity contribution is 6.32. The lowest BCUT2D eigenvalue weighted by Gasteiger charge is -2.11. The summed E-state index contributed by atoms with van der Waals surface area (Å²) in [6.07, 6.45) is 5.89. The molecule has 104 valence electrons. The van der Waals surface area contributed by atoms with Crippen LogP contribution < -0.4 is 5.32 Å². The van der Waals surface area contributed by atoms with Gasteiger partial charge in [-0.2, -0.15) is 0 Å². The zero-order valence-electron chi connectivity index (χ0n) is 10.5. The quantitative estimate of drug-likeness (QED) is 0.668. The Morgan fingerprint density at radius 2 is 2.26 bits per heavy atom. The van der Waals surface area contributed by atoms with E-state index >= 15 is 0 Å². The second-order valence-electron chi connectivity index (χ2n) is 4.53. The van der Waals surface area contributed by atoms with Crippen LogP contribution in [0.5, 0.6) is 0 Å². The van der Waals surface area contributed by atoms with Gasteiger partial charge in [0.15, 0.2) is 0 Å². The molecule has 0 bridgehead atoms. The molecule has 2 rings (SSSR count). The topological polar surface area (TPSA) is 51.2 Å². The van der Waals surface area contributed by atoms with Crippen molar-refractivity contribution in [1.82, 2.24) is 10.3 Å². The molecule has 1 aliphatic carbocycles. The van der Waals surface area contributed by atoms with Gasteiger partial charge in [-0.15, -0.1) is 0 Å². The molecule has 0 spiro atoms. The fraction of sp³-hybridized carbons (Fsp3) is 0.538. The third-order valence-electron chi connectivity index (χ3n) is 3.09. The van der Waals surface area contributed by atoms with Gasteiger partial charge in [-0.05, 0) is 18.9 Å². The van der Waals surface area contributed by atoms with Gasteiger partial charge in [0.1, 0.15) is 11.0 Å². The van der Waals surface area contributed by atoms with E-state index in [0.29, 0.717) is 19.3 Å². The molecule has 0 unspecified atom stereocenters. The number of carbonyl (C=O) groups is 1. The molecule has 1 aromatic rings. The van der Waals surface area contributed by atoms with Gasteiger partial charge < -0.3 is 10.1 Å². The lowest BCUT2D eigenvalue weighted by atomic mass is 10.2. The number of halogens is 2. The van der Waals surface area contributed by atoms with E-state index < -0.39 is 11.7 Å². The van der Waals surface area contributed by atoms with Crippen LogP contribution in [0.4, 0.5) is 4.39 Å². The largest absolute Gasteiger partial charge is 0.376 e. The van der Waals surface area contributed by atoms with Crippen LogP contribution in [-0.2, 0) is 4.74 Å². The minimum atomic E-state index is -0.586. The highest BCUT2D eigenvalue weighted by atomic mass is 35.5. The van der Waals surface area contributed by atoms with E-state index in [4.69, 9.17) is 16.3 Å². The highest BCUT2D eigenvalue weighted by Crippen LogP contribution is 2.20. The molecule has 1 aromatic heterocycles. The maximum absolute atomic E-state index is 13.0. The van der Waals surface area contributed by atoms with Crippen LogP contribution in [0, 0.1) is 5.82 Å². The summed E-state index contributed by atoms with van der Waals surface area (Å²) in [6, 6.07) is 1.07. The van der Waals surface area contributed by atoms with E-state index in [-0.39, 0.29) is 10.7 Å². The third-order valence-corrected chi connectivity index (χ3v) is 3.39. The predicted octanol–water partition coefficient (Wildman–Crippen LogP) is 2.56. The summed E-state index contributed by atoms with van der Waals surface area (Å²) in [5, 5.41) is 2.63. The van der Waals surface area contributed by atoms with Crippen LogP contribution >= 0.6 is 11.6 Å². The SMILES string of the molecule is O=C(NCCOC1CCCC1)c1cc(F)cnc1Cl. The Morgan fingerprint density at radius 1 is 1.53 bits per heavy atom. The normalized spacial score (nSPS) is 15.7. The predicted molar refractivity (Wildman–Crippen MR) is 69.7 cm³/mol. The molecular formula is C13H16ClFN2O2. The molecule has 1 fully saturated rings. The molecule has 1 heterocycles. The molecule has 1 aliphatic rings. The summed E-state index contributed by atoms with van der Waals surface area (Å²) < 4.78 is 18.6. The van der Waals surface area contributed by atoms with Crippen molar-refractivity contribution in [3.05, 3.63) is 28.8 Å². The maximum atomic E-state index is 13.0. The van der Waals surface area contributed by atoms with Crippen molar-refractivity contribution in [3.8, 4) is 0 Å². The average molecular weight is 287 g/mol. The minimum Gasteiger partial charge on any atom is -0.376 e. The van der Waals surface area contributed by atoms with Gasteiger partial charge in [0.05, 0.1) is 24.5 Å².